The average Bonchev–Trinajstić information content (AvgIpc) is 3.14. The van der Waals surface area contributed by atoms with Crippen molar-refractivity contribution in [2.24, 2.45) is 0 Å². The van der Waals surface area contributed by atoms with Crippen molar-refractivity contribution in [3.05, 3.63) is 35.6 Å². The molecule has 35 heavy (non-hydrogen) atoms. The number of ether oxygens (including phenoxy) is 3. The van der Waals surface area contributed by atoms with Crippen molar-refractivity contribution in [2.45, 2.75) is 69.2 Å². The highest BCUT2D eigenvalue weighted by Gasteiger charge is 2.45. The maximum Gasteiger partial charge on any atom is 0.410 e. The second-order valence-corrected chi connectivity index (χ2v) is 11.2. The topological polar surface area (TPSA) is 97.4 Å². The fourth-order valence-electron chi connectivity index (χ4n) is 5.08. The molecule has 1 unspecified atom stereocenters. The van der Waals surface area contributed by atoms with E-state index in [1.807, 2.05) is 13.0 Å². The predicted octanol–water partition coefficient (Wildman–Crippen LogP) is 2.88. The highest BCUT2D eigenvalue weighted by Crippen LogP contribution is 2.35. The first kappa shape index (κ1) is 27.8. The molecular formula is C24H38FN3O6S. The molecule has 1 N–H and O–H groups in total. The van der Waals surface area contributed by atoms with Crippen molar-refractivity contribution in [3.8, 4) is 0 Å². The van der Waals surface area contributed by atoms with E-state index >= 15 is 0 Å². The monoisotopic (exact) mass is 515 g/mol. The summed E-state index contributed by atoms with van der Waals surface area (Å²) in [5.41, 5.74) is 1.01. The van der Waals surface area contributed by atoms with E-state index in [1.165, 1.54) is 31.6 Å². The van der Waals surface area contributed by atoms with Crippen LogP contribution < -0.4 is 4.72 Å². The molecule has 2 fully saturated rings. The van der Waals surface area contributed by atoms with E-state index in [-0.39, 0.29) is 37.7 Å². The number of carbonyl (C=O) groups is 1. The van der Waals surface area contributed by atoms with Gasteiger partial charge in [-0.2, -0.15) is 17.4 Å². The van der Waals surface area contributed by atoms with Gasteiger partial charge < -0.3 is 14.2 Å². The molecule has 11 heteroatoms. The van der Waals surface area contributed by atoms with Crippen LogP contribution in [0.4, 0.5) is 9.18 Å². The second-order valence-electron chi connectivity index (χ2n) is 9.44. The second kappa shape index (κ2) is 12.4. The lowest BCUT2D eigenvalue weighted by atomic mass is 9.82. The zero-order valence-corrected chi connectivity index (χ0v) is 21.8. The van der Waals surface area contributed by atoms with Crippen molar-refractivity contribution in [2.75, 3.05) is 41.0 Å². The minimum atomic E-state index is -3.77. The molecule has 0 bridgehead atoms. The lowest BCUT2D eigenvalue weighted by Crippen LogP contribution is -2.53. The highest BCUT2D eigenvalue weighted by atomic mass is 32.2. The number of likely N-dealkylation sites (tertiary alicyclic amines) is 1. The molecule has 3 rings (SSSR count). The highest BCUT2D eigenvalue weighted by molar-refractivity contribution is 7.87. The third-order valence-electron chi connectivity index (χ3n) is 7.10. The Labute approximate surface area is 208 Å². The zero-order valence-electron chi connectivity index (χ0n) is 21.0. The normalized spacial score (nSPS) is 27.4. The molecule has 1 aliphatic carbocycles. The average molecular weight is 516 g/mol. The van der Waals surface area contributed by atoms with Crippen LogP contribution in [0.3, 0.4) is 0 Å². The van der Waals surface area contributed by atoms with E-state index in [2.05, 4.69) is 4.72 Å². The van der Waals surface area contributed by atoms with Crippen molar-refractivity contribution >= 4 is 16.3 Å². The molecule has 1 saturated heterocycles. The molecule has 1 heterocycles. The standard InChI is InChI=1S/C24H38FN3O6S/c1-17-14-22(26-35(30,31)27(2)12-13-32-3)23(28(17)24(29)33-4)16-34-21-10-8-18(9-11-21)19-6-5-7-20(25)15-19/h5-7,15,17-18,21-23,26H,8-14,16H2,1-4H3/t17?,18?,21?,22-,23-/m0/s1. The summed E-state index contributed by atoms with van der Waals surface area (Å²) >= 11 is 0. The molecule has 0 spiro atoms. The Bertz CT molecular complexity index is 941. The van der Waals surface area contributed by atoms with Crippen LogP contribution in [0.25, 0.3) is 0 Å². The van der Waals surface area contributed by atoms with Gasteiger partial charge in [0.15, 0.2) is 0 Å². The Morgan fingerprint density at radius 3 is 2.57 bits per heavy atom. The smallest absolute Gasteiger partial charge is 0.410 e. The molecule has 0 radical (unpaired) electrons. The third-order valence-corrected chi connectivity index (χ3v) is 8.70. The number of halogens is 1. The number of hydrogen-bond acceptors (Lipinski definition) is 6. The summed E-state index contributed by atoms with van der Waals surface area (Å²) in [6, 6.07) is 5.53. The van der Waals surface area contributed by atoms with Crippen LogP contribution in [0, 0.1) is 5.82 Å². The zero-order chi connectivity index (χ0) is 25.6. The van der Waals surface area contributed by atoms with E-state index in [0.29, 0.717) is 12.3 Å². The van der Waals surface area contributed by atoms with Gasteiger partial charge in [0.2, 0.25) is 0 Å². The van der Waals surface area contributed by atoms with Crippen LogP contribution in [0.5, 0.6) is 0 Å². The maximum absolute atomic E-state index is 13.6. The minimum Gasteiger partial charge on any atom is -0.453 e. The van der Waals surface area contributed by atoms with Gasteiger partial charge >= 0.3 is 6.09 Å². The molecular weight excluding hydrogens is 477 g/mol. The Morgan fingerprint density at radius 2 is 1.94 bits per heavy atom. The Kier molecular flexibility index (Phi) is 9.88. The third kappa shape index (κ3) is 7.13. The van der Waals surface area contributed by atoms with Gasteiger partial charge in [0.1, 0.15) is 5.82 Å². The molecule has 198 valence electrons. The predicted molar refractivity (Wildman–Crippen MR) is 130 cm³/mol. The Morgan fingerprint density at radius 1 is 1.23 bits per heavy atom. The quantitative estimate of drug-likeness (QED) is 0.515. The van der Waals surface area contributed by atoms with Crippen molar-refractivity contribution in [3.63, 3.8) is 0 Å². The van der Waals surface area contributed by atoms with Gasteiger partial charge in [0.25, 0.3) is 10.2 Å². The number of benzene rings is 1. The van der Waals surface area contributed by atoms with Crippen LogP contribution in [-0.4, -0.2) is 89.0 Å². The van der Waals surface area contributed by atoms with Crippen LogP contribution in [0.1, 0.15) is 50.5 Å². The maximum atomic E-state index is 13.6. The number of hydrogen-bond donors (Lipinski definition) is 1. The van der Waals surface area contributed by atoms with Crippen LogP contribution >= 0.6 is 0 Å². The number of nitrogens with zero attached hydrogens (tertiary/aromatic N) is 2. The molecule has 0 aromatic heterocycles. The van der Waals surface area contributed by atoms with Gasteiger partial charge in [0.05, 0.1) is 32.5 Å². The summed E-state index contributed by atoms with van der Waals surface area (Å²) in [4.78, 5) is 14.1. The SMILES string of the molecule is COCCN(C)S(=O)(=O)N[C@H]1CC(C)N(C(=O)OC)[C@H]1COC1CCC(c2cccc(F)c2)CC1. The number of rotatable bonds is 10. The first-order chi connectivity index (χ1) is 16.7. The first-order valence-electron chi connectivity index (χ1n) is 12.1. The van der Waals surface area contributed by atoms with E-state index in [4.69, 9.17) is 14.2 Å². The van der Waals surface area contributed by atoms with E-state index in [0.717, 1.165) is 31.2 Å². The largest absolute Gasteiger partial charge is 0.453 e. The molecule has 1 aromatic carbocycles. The molecule has 1 amide bonds. The van der Waals surface area contributed by atoms with Gasteiger partial charge in [-0.25, -0.2) is 9.18 Å². The number of nitrogens with one attached hydrogen (secondary N) is 1. The summed E-state index contributed by atoms with van der Waals surface area (Å²) in [7, 11) is 0.542. The van der Waals surface area contributed by atoms with Gasteiger partial charge in [-0.15, -0.1) is 0 Å². The summed E-state index contributed by atoms with van der Waals surface area (Å²) in [5.74, 6) is 0.0753. The molecule has 1 aromatic rings. The lowest BCUT2D eigenvalue weighted by molar-refractivity contribution is -0.00867. The molecule has 9 nitrogen and oxygen atoms in total. The van der Waals surface area contributed by atoms with E-state index in [1.54, 1.807) is 17.0 Å². The number of likely N-dealkylation sites (N-methyl/N-ethyl adjacent to an activating group) is 1. The van der Waals surface area contributed by atoms with E-state index in [9.17, 15) is 17.6 Å². The van der Waals surface area contributed by atoms with Crippen LogP contribution in [-0.2, 0) is 24.4 Å². The fraction of sp³-hybridized carbons (Fsp3) is 0.708. The van der Waals surface area contributed by atoms with Crippen LogP contribution in [0.15, 0.2) is 24.3 Å². The van der Waals surface area contributed by atoms with Crippen molar-refractivity contribution in [1.82, 2.24) is 13.9 Å². The number of amides is 1. The molecule has 2 aliphatic rings. The van der Waals surface area contributed by atoms with Gasteiger partial charge in [-0.1, -0.05) is 12.1 Å². The van der Waals surface area contributed by atoms with Crippen molar-refractivity contribution in [1.29, 1.82) is 0 Å². The summed E-state index contributed by atoms with van der Waals surface area (Å²) in [6.45, 7) is 2.56. The van der Waals surface area contributed by atoms with Gasteiger partial charge in [-0.3, -0.25) is 4.90 Å². The molecule has 3 atom stereocenters. The number of methoxy groups -OCH3 is 2. The van der Waals surface area contributed by atoms with Crippen LogP contribution in [0.2, 0.25) is 0 Å². The molecule has 1 aliphatic heterocycles. The molecule has 1 saturated carbocycles. The minimum absolute atomic E-state index is 0.00292. The Hall–Kier alpha value is -1.79. The van der Waals surface area contributed by atoms with Gasteiger partial charge in [-0.05, 0) is 62.6 Å². The Balaban J connectivity index is 1.63. The van der Waals surface area contributed by atoms with E-state index < -0.39 is 28.4 Å². The summed E-state index contributed by atoms with van der Waals surface area (Å²) < 4.78 is 59.4. The summed E-state index contributed by atoms with van der Waals surface area (Å²) in [5, 5.41) is 0. The fourth-order valence-corrected chi connectivity index (χ4v) is 6.21. The lowest BCUT2D eigenvalue weighted by Gasteiger charge is -2.33. The van der Waals surface area contributed by atoms with Gasteiger partial charge in [0, 0.05) is 32.8 Å². The first-order valence-corrected chi connectivity index (χ1v) is 13.6. The number of carbonyl (C=O) groups excluding carboxylic acids is 1. The van der Waals surface area contributed by atoms with Crippen molar-refractivity contribution < 1.29 is 31.8 Å². The summed E-state index contributed by atoms with van der Waals surface area (Å²) in [6.07, 6.45) is 3.35.